The summed E-state index contributed by atoms with van der Waals surface area (Å²) < 4.78 is 6.09. The van der Waals surface area contributed by atoms with E-state index in [1.807, 2.05) is 23.5 Å². The maximum Gasteiger partial charge on any atom is 0.158 e. The van der Waals surface area contributed by atoms with Crippen molar-refractivity contribution >= 4 is 23.5 Å². The zero-order chi connectivity index (χ0) is 10.7. The highest BCUT2D eigenvalue weighted by atomic mass is 32.2. The van der Waals surface area contributed by atoms with Gasteiger partial charge in [-0.2, -0.15) is 0 Å². The number of fused-ring (bicyclic) bond motifs is 1. The van der Waals surface area contributed by atoms with Crippen LogP contribution >= 0.6 is 23.5 Å². The third-order valence-corrected chi connectivity index (χ3v) is 4.83. The fourth-order valence-corrected chi connectivity index (χ4v) is 3.87. The van der Waals surface area contributed by atoms with Crippen molar-refractivity contribution in [3.63, 3.8) is 0 Å². The van der Waals surface area contributed by atoms with Crippen LogP contribution in [-0.2, 0) is 4.74 Å². The number of ether oxygens (including phenoxy) is 1. The Balaban J connectivity index is 1.80. The van der Waals surface area contributed by atoms with E-state index in [0.717, 1.165) is 18.9 Å². The van der Waals surface area contributed by atoms with Crippen molar-refractivity contribution in [2.24, 2.45) is 5.92 Å². The van der Waals surface area contributed by atoms with Gasteiger partial charge >= 0.3 is 0 Å². The Bertz CT molecular complexity index is 300. The zero-order valence-electron chi connectivity index (χ0n) is 9.10. The lowest BCUT2D eigenvalue weighted by atomic mass is 10.1. The van der Waals surface area contributed by atoms with Crippen LogP contribution in [0.4, 0.5) is 0 Å². The van der Waals surface area contributed by atoms with Crippen LogP contribution in [0.3, 0.4) is 0 Å². The average Bonchev–Trinajstić information content (AvgIpc) is 2.59. The Morgan fingerprint density at radius 3 is 2.33 bits per heavy atom. The minimum absolute atomic E-state index is 0.265. The number of rotatable bonds is 4. The third kappa shape index (κ3) is 3.16. The highest BCUT2D eigenvalue weighted by Gasteiger charge is 2.22. The van der Waals surface area contributed by atoms with Crippen molar-refractivity contribution in [2.45, 2.75) is 34.8 Å². The van der Waals surface area contributed by atoms with Crippen LogP contribution in [0.2, 0.25) is 0 Å². The molecule has 0 amide bonds. The molecule has 0 saturated heterocycles. The van der Waals surface area contributed by atoms with Crippen molar-refractivity contribution in [2.75, 3.05) is 6.61 Å². The fourth-order valence-electron chi connectivity index (χ4n) is 1.34. The Kier molecular flexibility index (Phi) is 4.00. The fraction of sp³-hybridized carbons (Fsp3) is 0.500. The van der Waals surface area contributed by atoms with Gasteiger partial charge in [-0.15, -0.1) is 0 Å². The second-order valence-electron chi connectivity index (χ2n) is 4.02. The number of benzene rings is 1. The summed E-state index contributed by atoms with van der Waals surface area (Å²) in [6, 6.07) is 8.50. The van der Waals surface area contributed by atoms with Gasteiger partial charge in [0.15, 0.2) is 4.77 Å². The third-order valence-electron chi connectivity index (χ3n) is 2.24. The molecule has 3 heteroatoms. The first-order valence-electron chi connectivity index (χ1n) is 5.29. The van der Waals surface area contributed by atoms with Crippen molar-refractivity contribution in [3.05, 3.63) is 24.3 Å². The summed E-state index contributed by atoms with van der Waals surface area (Å²) >= 11 is 3.66. The summed E-state index contributed by atoms with van der Waals surface area (Å²) in [7, 11) is 0. The van der Waals surface area contributed by atoms with Crippen LogP contribution in [-0.4, -0.2) is 11.4 Å². The Hall–Kier alpha value is -0.120. The lowest BCUT2D eigenvalue weighted by molar-refractivity contribution is 0.151. The summed E-state index contributed by atoms with van der Waals surface area (Å²) in [6.07, 6.45) is 1.15. The summed E-state index contributed by atoms with van der Waals surface area (Å²) in [5.41, 5.74) is 0. The monoisotopic (exact) mass is 240 g/mol. The zero-order valence-corrected chi connectivity index (χ0v) is 10.7. The predicted molar refractivity (Wildman–Crippen MR) is 67.4 cm³/mol. The van der Waals surface area contributed by atoms with Crippen LogP contribution in [0.1, 0.15) is 20.3 Å². The van der Waals surface area contributed by atoms with Gasteiger partial charge in [0.05, 0.1) is 0 Å². The topological polar surface area (TPSA) is 9.23 Å². The van der Waals surface area contributed by atoms with Gasteiger partial charge in [-0.1, -0.05) is 49.5 Å². The van der Waals surface area contributed by atoms with E-state index in [0.29, 0.717) is 0 Å². The smallest absolute Gasteiger partial charge is 0.158 e. The van der Waals surface area contributed by atoms with Crippen molar-refractivity contribution in [3.8, 4) is 0 Å². The van der Waals surface area contributed by atoms with Gasteiger partial charge in [-0.25, -0.2) is 0 Å². The molecule has 1 aromatic carbocycles. The molecule has 2 rings (SSSR count). The van der Waals surface area contributed by atoms with E-state index < -0.39 is 0 Å². The molecule has 0 aliphatic carbocycles. The minimum atomic E-state index is 0.265. The van der Waals surface area contributed by atoms with Gasteiger partial charge in [0.2, 0.25) is 0 Å². The van der Waals surface area contributed by atoms with Gasteiger partial charge in [-0.05, 0) is 24.5 Å². The molecule has 0 spiro atoms. The molecular weight excluding hydrogens is 224 g/mol. The highest BCUT2D eigenvalue weighted by molar-refractivity contribution is 8.19. The molecule has 0 bridgehead atoms. The molecule has 1 nitrogen and oxygen atoms in total. The first-order valence-corrected chi connectivity index (χ1v) is 7.05. The maximum absolute atomic E-state index is 5.82. The molecule has 1 heterocycles. The van der Waals surface area contributed by atoms with Gasteiger partial charge in [0.25, 0.3) is 0 Å². The minimum Gasteiger partial charge on any atom is -0.357 e. The number of hydrogen-bond donors (Lipinski definition) is 0. The predicted octanol–water partition coefficient (Wildman–Crippen LogP) is 4.23. The Morgan fingerprint density at radius 2 is 1.80 bits per heavy atom. The standard InChI is InChI=1S/C12H16OS2/c1-9(2)7-8-13-12-14-10-5-3-4-6-11(10)15-12/h3-6,9,12H,7-8H2,1-2H3. The molecule has 0 fully saturated rings. The van der Waals surface area contributed by atoms with E-state index in [4.69, 9.17) is 4.74 Å². The first kappa shape index (κ1) is 11.4. The normalized spacial score (nSPS) is 15.9. The van der Waals surface area contributed by atoms with E-state index in [-0.39, 0.29) is 4.77 Å². The second-order valence-corrected chi connectivity index (χ2v) is 6.53. The second kappa shape index (κ2) is 5.28. The van der Waals surface area contributed by atoms with Gasteiger partial charge < -0.3 is 4.74 Å². The summed E-state index contributed by atoms with van der Waals surface area (Å²) in [5.74, 6) is 0.726. The average molecular weight is 240 g/mol. The maximum atomic E-state index is 5.82. The van der Waals surface area contributed by atoms with E-state index in [1.54, 1.807) is 0 Å². The molecule has 82 valence electrons. The largest absolute Gasteiger partial charge is 0.357 e. The van der Waals surface area contributed by atoms with Crippen molar-refractivity contribution in [1.82, 2.24) is 0 Å². The highest BCUT2D eigenvalue weighted by Crippen LogP contribution is 2.47. The molecule has 1 aliphatic rings. The molecule has 0 aromatic heterocycles. The quantitative estimate of drug-likeness (QED) is 0.779. The van der Waals surface area contributed by atoms with Crippen molar-refractivity contribution in [1.29, 1.82) is 0 Å². The van der Waals surface area contributed by atoms with Gasteiger partial charge in [0, 0.05) is 16.4 Å². The SMILES string of the molecule is CC(C)CCOC1Sc2ccccc2S1. The van der Waals surface area contributed by atoms with E-state index in [1.165, 1.54) is 9.79 Å². The molecule has 0 atom stereocenters. The van der Waals surface area contributed by atoms with E-state index in [9.17, 15) is 0 Å². The molecule has 0 saturated carbocycles. The molecule has 0 radical (unpaired) electrons. The summed E-state index contributed by atoms with van der Waals surface area (Å²) in [6.45, 7) is 5.33. The van der Waals surface area contributed by atoms with Crippen molar-refractivity contribution < 1.29 is 4.74 Å². The Morgan fingerprint density at radius 1 is 1.20 bits per heavy atom. The molecular formula is C12H16OS2. The van der Waals surface area contributed by atoms with Crippen LogP contribution in [0, 0.1) is 5.92 Å². The van der Waals surface area contributed by atoms with E-state index >= 15 is 0 Å². The molecule has 1 aliphatic heterocycles. The van der Waals surface area contributed by atoms with Crippen LogP contribution in [0.25, 0.3) is 0 Å². The summed E-state index contributed by atoms with van der Waals surface area (Å²) in [5, 5.41) is 0. The lowest BCUT2D eigenvalue weighted by Crippen LogP contribution is -2.04. The molecule has 1 aromatic rings. The Labute approximate surface area is 100.0 Å². The number of thioether (sulfide) groups is 2. The molecule has 15 heavy (non-hydrogen) atoms. The number of hydrogen-bond acceptors (Lipinski definition) is 3. The molecule has 0 unspecified atom stereocenters. The van der Waals surface area contributed by atoms with E-state index in [2.05, 4.69) is 38.1 Å². The summed E-state index contributed by atoms with van der Waals surface area (Å²) in [4.78, 5) is 2.72. The van der Waals surface area contributed by atoms with Gasteiger partial charge in [-0.3, -0.25) is 0 Å². The first-order chi connectivity index (χ1) is 7.25. The van der Waals surface area contributed by atoms with Crippen LogP contribution in [0.5, 0.6) is 0 Å². The van der Waals surface area contributed by atoms with Crippen LogP contribution < -0.4 is 0 Å². The lowest BCUT2D eigenvalue weighted by Gasteiger charge is -2.10. The molecule has 0 N–H and O–H groups in total. The van der Waals surface area contributed by atoms with Gasteiger partial charge in [0.1, 0.15) is 0 Å². The van der Waals surface area contributed by atoms with Crippen LogP contribution in [0.15, 0.2) is 34.1 Å².